The summed E-state index contributed by atoms with van der Waals surface area (Å²) in [5.74, 6) is -2.68. The molecule has 2 rings (SSSR count). The SMILES string of the molecule is C=C(OC(C)(C)C(=O)OCCCCOC(=O)C(=C)OC(C)(C)c1ccc(-c2ccc(C(=C)OC(C)(C)C(=O)OCC)cc2)cc1)C(=O)OCC. The summed E-state index contributed by atoms with van der Waals surface area (Å²) in [4.78, 5) is 48.8. The average molecular weight is 695 g/mol. The lowest BCUT2D eigenvalue weighted by Crippen LogP contribution is -2.37. The molecule has 11 nitrogen and oxygen atoms in total. The second-order valence-electron chi connectivity index (χ2n) is 12.7. The van der Waals surface area contributed by atoms with Gasteiger partial charge in [0, 0.05) is 5.56 Å². The van der Waals surface area contributed by atoms with Gasteiger partial charge in [-0.15, -0.1) is 0 Å². The smallest absolute Gasteiger partial charge is 0.372 e. The second kappa shape index (κ2) is 18.1. The van der Waals surface area contributed by atoms with Crippen molar-refractivity contribution in [3.05, 3.63) is 90.9 Å². The van der Waals surface area contributed by atoms with Crippen molar-refractivity contribution < 1.29 is 52.3 Å². The van der Waals surface area contributed by atoms with Gasteiger partial charge in [-0.2, -0.15) is 0 Å². The molecule has 11 heteroatoms. The van der Waals surface area contributed by atoms with Crippen molar-refractivity contribution in [3.8, 4) is 11.1 Å². The molecule has 0 heterocycles. The van der Waals surface area contributed by atoms with Crippen LogP contribution in [-0.4, -0.2) is 61.5 Å². The van der Waals surface area contributed by atoms with Crippen LogP contribution in [0.25, 0.3) is 16.9 Å². The molecule has 0 spiro atoms. The monoisotopic (exact) mass is 694 g/mol. The zero-order valence-corrected chi connectivity index (χ0v) is 30.5. The molecule has 0 saturated carbocycles. The van der Waals surface area contributed by atoms with Gasteiger partial charge >= 0.3 is 23.9 Å². The van der Waals surface area contributed by atoms with Crippen LogP contribution in [0.3, 0.4) is 0 Å². The molecular weight excluding hydrogens is 644 g/mol. The lowest BCUT2D eigenvalue weighted by Gasteiger charge is -2.27. The highest BCUT2D eigenvalue weighted by molar-refractivity contribution is 5.87. The Labute approximate surface area is 295 Å². The number of benzene rings is 2. The topological polar surface area (TPSA) is 133 Å². The van der Waals surface area contributed by atoms with Crippen LogP contribution in [0.5, 0.6) is 0 Å². The third kappa shape index (κ3) is 12.1. The van der Waals surface area contributed by atoms with Crippen LogP contribution in [-0.2, 0) is 57.9 Å². The van der Waals surface area contributed by atoms with Crippen LogP contribution in [0, 0.1) is 0 Å². The standard InChI is InChI=1S/C39H50O11/c1-12-44-33(40)27(4)50-39(10,11)36(43)47-25-15-14-24-46-34(41)28(5)49-37(6,7)32-22-20-31(21-23-32)30-18-16-29(17-19-30)26(3)48-38(8,9)35(42)45-13-2/h16-23H,3-5,12-15,24-25H2,1-2,6-11H3. The average Bonchev–Trinajstić information content (AvgIpc) is 3.05. The van der Waals surface area contributed by atoms with Gasteiger partial charge in [-0.3, -0.25) is 0 Å². The Kier molecular flexibility index (Phi) is 14.9. The summed E-state index contributed by atoms with van der Waals surface area (Å²) in [6, 6.07) is 15.3. The molecule has 0 bridgehead atoms. The molecule has 2 aromatic rings. The van der Waals surface area contributed by atoms with Crippen LogP contribution >= 0.6 is 0 Å². The van der Waals surface area contributed by atoms with Crippen molar-refractivity contribution in [2.45, 2.75) is 85.0 Å². The molecule has 50 heavy (non-hydrogen) atoms. The van der Waals surface area contributed by atoms with Gasteiger partial charge in [-0.1, -0.05) is 55.1 Å². The minimum atomic E-state index is -1.44. The molecule has 0 unspecified atom stereocenters. The number of hydrogen-bond donors (Lipinski definition) is 0. The largest absolute Gasteiger partial charge is 0.476 e. The Hall–Kier alpha value is -5.06. The third-order valence-electron chi connectivity index (χ3n) is 7.25. The highest BCUT2D eigenvalue weighted by Gasteiger charge is 2.34. The van der Waals surface area contributed by atoms with Gasteiger partial charge < -0.3 is 33.2 Å². The Morgan fingerprint density at radius 3 is 1.54 bits per heavy atom. The van der Waals surface area contributed by atoms with Gasteiger partial charge in [-0.05, 0) is 98.1 Å². The first-order valence-corrected chi connectivity index (χ1v) is 16.4. The molecule has 0 aromatic heterocycles. The van der Waals surface area contributed by atoms with E-state index in [0.29, 0.717) is 18.6 Å². The molecule has 0 aliphatic carbocycles. The van der Waals surface area contributed by atoms with Gasteiger partial charge in [-0.25, -0.2) is 19.2 Å². The Morgan fingerprint density at radius 2 is 1.00 bits per heavy atom. The number of hydrogen-bond acceptors (Lipinski definition) is 11. The summed E-state index contributed by atoms with van der Waals surface area (Å²) in [7, 11) is 0. The van der Waals surface area contributed by atoms with Gasteiger partial charge in [0.2, 0.25) is 5.60 Å². The van der Waals surface area contributed by atoms with E-state index >= 15 is 0 Å². The van der Waals surface area contributed by atoms with Crippen LogP contribution in [0.1, 0.15) is 79.4 Å². The Morgan fingerprint density at radius 1 is 0.560 bits per heavy atom. The van der Waals surface area contributed by atoms with E-state index in [1.54, 1.807) is 27.7 Å². The predicted octanol–water partition coefficient (Wildman–Crippen LogP) is 7.19. The van der Waals surface area contributed by atoms with E-state index in [1.807, 2.05) is 62.4 Å². The molecule has 0 aliphatic rings. The quantitative estimate of drug-likeness (QED) is 0.0459. The summed E-state index contributed by atoms with van der Waals surface area (Å²) in [6.45, 7) is 24.9. The minimum Gasteiger partial charge on any atom is -0.476 e. The number of ether oxygens (including phenoxy) is 7. The van der Waals surface area contributed by atoms with E-state index in [4.69, 9.17) is 33.2 Å². The lowest BCUT2D eigenvalue weighted by molar-refractivity contribution is -0.167. The fourth-order valence-corrected chi connectivity index (χ4v) is 4.43. The van der Waals surface area contributed by atoms with Crippen LogP contribution < -0.4 is 0 Å². The van der Waals surface area contributed by atoms with Crippen LogP contribution in [0.2, 0.25) is 0 Å². The highest BCUT2D eigenvalue weighted by Crippen LogP contribution is 2.31. The Balaban J connectivity index is 1.83. The molecular formula is C39H50O11. The maximum absolute atomic E-state index is 12.5. The molecule has 0 aliphatic heterocycles. The van der Waals surface area contributed by atoms with E-state index in [1.165, 1.54) is 13.8 Å². The second-order valence-corrected chi connectivity index (χ2v) is 12.7. The van der Waals surface area contributed by atoms with E-state index < -0.39 is 40.7 Å². The fraction of sp³-hybridized carbons (Fsp3) is 0.436. The van der Waals surface area contributed by atoms with Gasteiger partial charge in [0.1, 0.15) is 11.4 Å². The maximum Gasteiger partial charge on any atom is 0.372 e. The summed E-state index contributed by atoms with van der Waals surface area (Å²) in [5, 5.41) is 0. The Bertz CT molecular complexity index is 1530. The van der Waals surface area contributed by atoms with Crippen LogP contribution in [0.4, 0.5) is 0 Å². The van der Waals surface area contributed by atoms with Crippen molar-refractivity contribution in [2.24, 2.45) is 0 Å². The number of rotatable bonds is 20. The first-order chi connectivity index (χ1) is 23.3. The molecule has 272 valence electrons. The number of esters is 4. The number of carbonyl (C=O) groups excluding carboxylic acids is 4. The van der Waals surface area contributed by atoms with Crippen molar-refractivity contribution in [3.63, 3.8) is 0 Å². The van der Waals surface area contributed by atoms with E-state index in [0.717, 1.165) is 22.3 Å². The molecule has 0 atom stereocenters. The maximum atomic E-state index is 12.5. The molecule has 0 N–H and O–H groups in total. The first-order valence-electron chi connectivity index (χ1n) is 16.4. The van der Waals surface area contributed by atoms with Gasteiger partial charge in [0.05, 0.1) is 26.4 Å². The van der Waals surface area contributed by atoms with Crippen molar-refractivity contribution >= 4 is 29.6 Å². The zero-order valence-electron chi connectivity index (χ0n) is 30.5. The molecule has 0 fully saturated rings. The van der Waals surface area contributed by atoms with Crippen molar-refractivity contribution in [1.29, 1.82) is 0 Å². The number of unbranched alkanes of at least 4 members (excludes halogenated alkanes) is 1. The zero-order chi connectivity index (χ0) is 37.7. The van der Waals surface area contributed by atoms with Crippen molar-refractivity contribution in [1.82, 2.24) is 0 Å². The van der Waals surface area contributed by atoms with Gasteiger partial charge in [0.15, 0.2) is 17.1 Å². The summed E-state index contributed by atoms with van der Waals surface area (Å²) in [6.07, 6.45) is 0.833. The molecule has 0 radical (unpaired) electrons. The molecule has 0 amide bonds. The number of carbonyl (C=O) groups is 4. The highest BCUT2D eigenvalue weighted by atomic mass is 16.6. The summed E-state index contributed by atoms with van der Waals surface area (Å²) >= 11 is 0. The van der Waals surface area contributed by atoms with Crippen LogP contribution in [0.15, 0.2) is 79.8 Å². The summed E-state index contributed by atoms with van der Waals surface area (Å²) in [5.41, 5.74) is -0.0424. The third-order valence-corrected chi connectivity index (χ3v) is 7.25. The summed E-state index contributed by atoms with van der Waals surface area (Å²) < 4.78 is 37.4. The lowest BCUT2D eigenvalue weighted by atomic mass is 9.95. The first kappa shape index (κ1) is 41.1. The van der Waals surface area contributed by atoms with E-state index in [2.05, 4.69) is 19.7 Å². The van der Waals surface area contributed by atoms with E-state index in [-0.39, 0.29) is 37.9 Å². The van der Waals surface area contributed by atoms with Crippen molar-refractivity contribution in [2.75, 3.05) is 26.4 Å². The van der Waals surface area contributed by atoms with E-state index in [9.17, 15) is 19.2 Å². The van der Waals surface area contributed by atoms with Gasteiger partial charge in [0.25, 0.3) is 0 Å². The molecule has 2 aromatic carbocycles. The molecule has 0 saturated heterocycles. The minimum absolute atomic E-state index is 0.0544. The fourth-order valence-electron chi connectivity index (χ4n) is 4.43. The normalized spacial score (nSPS) is 11.4. The predicted molar refractivity (Wildman–Crippen MR) is 188 cm³/mol.